The molecule has 2 aromatic heterocycles. The van der Waals surface area contributed by atoms with E-state index < -0.39 is 0 Å². The van der Waals surface area contributed by atoms with Gasteiger partial charge in [0.15, 0.2) is 5.82 Å². The number of para-hydroxylation sites is 1. The van der Waals surface area contributed by atoms with E-state index >= 15 is 0 Å². The van der Waals surface area contributed by atoms with Crippen molar-refractivity contribution >= 4 is 11.7 Å². The van der Waals surface area contributed by atoms with Gasteiger partial charge in [-0.3, -0.25) is 14.9 Å². The molecule has 0 saturated heterocycles. The highest BCUT2D eigenvalue weighted by molar-refractivity contribution is 5.91. The van der Waals surface area contributed by atoms with Gasteiger partial charge in [0, 0.05) is 30.4 Å². The molecule has 1 aliphatic heterocycles. The van der Waals surface area contributed by atoms with Gasteiger partial charge in [-0.2, -0.15) is 5.10 Å². The molecular weight excluding hydrogens is 316 g/mol. The van der Waals surface area contributed by atoms with E-state index in [1.54, 1.807) is 12.4 Å². The number of hydrogen-bond acceptors (Lipinski definition) is 4. The number of hydrogen-bond donors (Lipinski definition) is 2. The van der Waals surface area contributed by atoms with E-state index in [0.717, 1.165) is 29.0 Å². The molecule has 0 spiro atoms. The third kappa shape index (κ3) is 3.38. The second-order valence-corrected chi connectivity index (χ2v) is 6.03. The summed E-state index contributed by atoms with van der Waals surface area (Å²) in [4.78, 5) is 16.4. The van der Waals surface area contributed by atoms with Gasteiger partial charge in [0.25, 0.3) is 0 Å². The summed E-state index contributed by atoms with van der Waals surface area (Å²) in [5.41, 5.74) is 2.92. The molecule has 0 fully saturated rings. The van der Waals surface area contributed by atoms with Crippen molar-refractivity contribution in [3.8, 4) is 17.0 Å². The Hall–Kier alpha value is -3.15. The number of fused-ring (bicyclic) bond motifs is 1. The van der Waals surface area contributed by atoms with Gasteiger partial charge in [-0.25, -0.2) is 0 Å². The summed E-state index contributed by atoms with van der Waals surface area (Å²) < 4.78 is 5.65. The number of ether oxygens (including phenoxy) is 1. The van der Waals surface area contributed by atoms with E-state index in [4.69, 9.17) is 4.74 Å². The second-order valence-electron chi connectivity index (χ2n) is 6.03. The lowest BCUT2D eigenvalue weighted by molar-refractivity contribution is -0.116. The molecule has 3 heterocycles. The SMILES string of the molecule is O=C(CC1CCOc2ccccc21)Nc1cc(-c2ccncc2)[nH]n1. The van der Waals surface area contributed by atoms with Crippen molar-refractivity contribution in [2.45, 2.75) is 18.8 Å². The number of amides is 1. The number of anilines is 1. The number of carbonyl (C=O) groups is 1. The number of H-pyrrole nitrogens is 1. The van der Waals surface area contributed by atoms with Gasteiger partial charge in [0.05, 0.1) is 12.3 Å². The molecule has 1 aliphatic rings. The molecule has 0 bridgehead atoms. The Bertz CT molecular complexity index is 876. The number of pyridine rings is 1. The normalized spacial score (nSPS) is 15.9. The van der Waals surface area contributed by atoms with Crippen LogP contribution in [0.1, 0.15) is 24.3 Å². The first-order chi connectivity index (χ1) is 12.3. The standard InChI is InChI=1S/C19H18N4O2/c24-19(11-14-7-10-25-17-4-2-1-3-15(14)17)21-18-12-16(22-23-18)13-5-8-20-9-6-13/h1-6,8-9,12,14H,7,10-11H2,(H2,21,22,23,24). The molecular formula is C19H18N4O2. The fourth-order valence-corrected chi connectivity index (χ4v) is 3.11. The largest absolute Gasteiger partial charge is 0.493 e. The molecule has 25 heavy (non-hydrogen) atoms. The van der Waals surface area contributed by atoms with Crippen molar-refractivity contribution in [2.24, 2.45) is 0 Å². The maximum atomic E-state index is 12.4. The number of benzene rings is 1. The Kier molecular flexibility index (Phi) is 4.16. The van der Waals surface area contributed by atoms with E-state index in [-0.39, 0.29) is 11.8 Å². The predicted molar refractivity (Wildman–Crippen MR) is 94.4 cm³/mol. The van der Waals surface area contributed by atoms with Gasteiger partial charge >= 0.3 is 0 Å². The van der Waals surface area contributed by atoms with Gasteiger partial charge < -0.3 is 10.1 Å². The zero-order valence-corrected chi connectivity index (χ0v) is 13.6. The number of aromatic amines is 1. The summed E-state index contributed by atoms with van der Waals surface area (Å²) in [7, 11) is 0. The highest BCUT2D eigenvalue weighted by Crippen LogP contribution is 2.35. The lowest BCUT2D eigenvalue weighted by atomic mass is 9.90. The number of nitrogens with one attached hydrogen (secondary N) is 2. The summed E-state index contributed by atoms with van der Waals surface area (Å²) in [5.74, 6) is 1.53. The molecule has 2 N–H and O–H groups in total. The van der Waals surface area contributed by atoms with Crippen LogP contribution in [0.4, 0.5) is 5.82 Å². The number of rotatable bonds is 4. The van der Waals surface area contributed by atoms with Gasteiger partial charge in [0.1, 0.15) is 5.75 Å². The number of nitrogens with zero attached hydrogens (tertiary/aromatic N) is 2. The van der Waals surface area contributed by atoms with Crippen molar-refractivity contribution in [2.75, 3.05) is 11.9 Å². The Labute approximate surface area is 145 Å². The van der Waals surface area contributed by atoms with Crippen LogP contribution in [-0.4, -0.2) is 27.7 Å². The molecule has 6 heteroatoms. The average molecular weight is 334 g/mol. The molecule has 3 aromatic rings. The van der Waals surface area contributed by atoms with Crippen LogP contribution in [-0.2, 0) is 4.79 Å². The Morgan fingerprint density at radius 2 is 2.08 bits per heavy atom. The highest BCUT2D eigenvalue weighted by atomic mass is 16.5. The Morgan fingerprint density at radius 3 is 2.96 bits per heavy atom. The first kappa shape index (κ1) is 15.4. The lowest BCUT2D eigenvalue weighted by Gasteiger charge is -2.25. The first-order valence-corrected chi connectivity index (χ1v) is 8.27. The molecule has 6 nitrogen and oxygen atoms in total. The molecule has 0 saturated carbocycles. The zero-order chi connectivity index (χ0) is 17.1. The third-order valence-corrected chi connectivity index (χ3v) is 4.35. The molecule has 0 aliphatic carbocycles. The molecule has 1 aromatic carbocycles. The van der Waals surface area contributed by atoms with Gasteiger partial charge in [-0.15, -0.1) is 0 Å². The van der Waals surface area contributed by atoms with E-state index in [9.17, 15) is 4.79 Å². The van der Waals surface area contributed by atoms with Crippen LogP contribution in [0.25, 0.3) is 11.3 Å². The fraction of sp³-hybridized carbons (Fsp3) is 0.211. The van der Waals surface area contributed by atoms with Crippen molar-refractivity contribution in [1.29, 1.82) is 0 Å². The van der Waals surface area contributed by atoms with E-state index in [1.807, 2.05) is 42.5 Å². The van der Waals surface area contributed by atoms with Crippen LogP contribution < -0.4 is 10.1 Å². The lowest BCUT2D eigenvalue weighted by Crippen LogP contribution is -2.20. The van der Waals surface area contributed by atoms with Crippen LogP contribution in [0.15, 0.2) is 54.9 Å². The summed E-state index contributed by atoms with van der Waals surface area (Å²) in [6.45, 7) is 0.642. The quantitative estimate of drug-likeness (QED) is 0.766. The number of carbonyl (C=O) groups excluding carboxylic acids is 1. The fourth-order valence-electron chi connectivity index (χ4n) is 3.11. The van der Waals surface area contributed by atoms with E-state index in [0.29, 0.717) is 18.8 Å². The van der Waals surface area contributed by atoms with Crippen LogP contribution >= 0.6 is 0 Å². The van der Waals surface area contributed by atoms with Crippen molar-refractivity contribution in [3.05, 3.63) is 60.4 Å². The molecule has 1 amide bonds. The maximum Gasteiger partial charge on any atom is 0.226 e. The molecule has 4 rings (SSSR count). The molecule has 0 radical (unpaired) electrons. The molecule has 126 valence electrons. The van der Waals surface area contributed by atoms with Crippen molar-refractivity contribution in [3.63, 3.8) is 0 Å². The number of aromatic nitrogens is 3. The summed E-state index contributed by atoms with van der Waals surface area (Å²) in [5, 5.41) is 9.97. The van der Waals surface area contributed by atoms with Crippen LogP contribution in [0.3, 0.4) is 0 Å². The minimum absolute atomic E-state index is 0.0468. The third-order valence-electron chi connectivity index (χ3n) is 4.35. The zero-order valence-electron chi connectivity index (χ0n) is 13.6. The Morgan fingerprint density at radius 1 is 1.24 bits per heavy atom. The van der Waals surface area contributed by atoms with E-state index in [2.05, 4.69) is 20.5 Å². The van der Waals surface area contributed by atoms with Gasteiger partial charge in [-0.1, -0.05) is 18.2 Å². The predicted octanol–water partition coefficient (Wildman–Crippen LogP) is 3.37. The second kappa shape index (κ2) is 6.76. The van der Waals surface area contributed by atoms with Crippen LogP contribution in [0.2, 0.25) is 0 Å². The first-order valence-electron chi connectivity index (χ1n) is 8.27. The topological polar surface area (TPSA) is 79.9 Å². The van der Waals surface area contributed by atoms with Crippen molar-refractivity contribution < 1.29 is 9.53 Å². The average Bonchev–Trinajstić information content (AvgIpc) is 3.11. The minimum atomic E-state index is -0.0468. The van der Waals surface area contributed by atoms with Crippen LogP contribution in [0.5, 0.6) is 5.75 Å². The van der Waals surface area contributed by atoms with Gasteiger partial charge in [0.2, 0.25) is 5.91 Å². The van der Waals surface area contributed by atoms with Gasteiger partial charge in [-0.05, 0) is 36.1 Å². The summed E-state index contributed by atoms with van der Waals surface area (Å²) >= 11 is 0. The summed E-state index contributed by atoms with van der Waals surface area (Å²) in [6, 6.07) is 13.5. The Balaban J connectivity index is 1.43. The van der Waals surface area contributed by atoms with Crippen LogP contribution in [0, 0.1) is 0 Å². The summed E-state index contributed by atoms with van der Waals surface area (Å²) in [6.07, 6.45) is 4.69. The monoisotopic (exact) mass is 334 g/mol. The van der Waals surface area contributed by atoms with Crippen molar-refractivity contribution in [1.82, 2.24) is 15.2 Å². The smallest absolute Gasteiger partial charge is 0.226 e. The molecule has 1 unspecified atom stereocenters. The van der Waals surface area contributed by atoms with E-state index in [1.165, 1.54) is 0 Å². The highest BCUT2D eigenvalue weighted by Gasteiger charge is 2.23. The molecule has 1 atom stereocenters. The maximum absolute atomic E-state index is 12.4. The minimum Gasteiger partial charge on any atom is -0.493 e.